The zero-order valence-electron chi connectivity index (χ0n) is 14.6. The molecule has 0 radical (unpaired) electrons. The van der Waals surface area contributed by atoms with Gasteiger partial charge in [0.15, 0.2) is 0 Å². The lowest BCUT2D eigenvalue weighted by molar-refractivity contribution is 0.182. The van der Waals surface area contributed by atoms with Crippen molar-refractivity contribution in [2.24, 2.45) is 0 Å². The highest BCUT2D eigenvalue weighted by Gasteiger charge is 2.30. The molecule has 25 heavy (non-hydrogen) atoms. The molecule has 0 bridgehead atoms. The molecule has 1 aromatic carbocycles. The van der Waals surface area contributed by atoms with Crippen molar-refractivity contribution in [2.75, 3.05) is 32.8 Å². The molecule has 5 nitrogen and oxygen atoms in total. The Hall–Kier alpha value is -1.41. The maximum absolute atomic E-state index is 12.9. The summed E-state index contributed by atoms with van der Waals surface area (Å²) in [6, 6.07) is 11.9. The van der Waals surface area contributed by atoms with Gasteiger partial charge in [0.1, 0.15) is 9.96 Å². The molecule has 3 rings (SSSR count). The van der Waals surface area contributed by atoms with E-state index in [0.717, 1.165) is 24.5 Å². The molecule has 0 unspecified atom stereocenters. The van der Waals surface area contributed by atoms with Gasteiger partial charge in [-0.3, -0.25) is 4.90 Å². The van der Waals surface area contributed by atoms with Gasteiger partial charge in [-0.05, 0) is 19.4 Å². The largest absolute Gasteiger partial charge is 0.493 e. The van der Waals surface area contributed by atoms with Gasteiger partial charge in [0.05, 0.1) is 6.61 Å². The summed E-state index contributed by atoms with van der Waals surface area (Å²) in [5.74, 6) is 0.675. The maximum Gasteiger partial charge on any atom is 0.252 e. The van der Waals surface area contributed by atoms with Crippen molar-refractivity contribution in [1.29, 1.82) is 0 Å². The van der Waals surface area contributed by atoms with Crippen LogP contribution in [0.1, 0.15) is 17.4 Å². The Morgan fingerprint density at radius 1 is 1.12 bits per heavy atom. The topological polar surface area (TPSA) is 49.9 Å². The highest BCUT2D eigenvalue weighted by Crippen LogP contribution is 2.33. The fourth-order valence-corrected chi connectivity index (χ4v) is 5.92. The second-order valence-corrected chi connectivity index (χ2v) is 9.51. The molecule has 1 fully saturated rings. The van der Waals surface area contributed by atoms with Crippen LogP contribution in [0.25, 0.3) is 0 Å². The SMILES string of the molecule is CCOc1cc(S(=O)(=O)N2CCN(Cc3ccccc3)CC2)sc1C. The summed E-state index contributed by atoms with van der Waals surface area (Å²) in [7, 11) is -3.43. The van der Waals surface area contributed by atoms with Gasteiger partial charge in [-0.2, -0.15) is 4.31 Å². The van der Waals surface area contributed by atoms with Crippen LogP contribution in [0.5, 0.6) is 5.75 Å². The van der Waals surface area contributed by atoms with Gasteiger partial charge in [0.25, 0.3) is 10.0 Å². The Morgan fingerprint density at radius 3 is 2.44 bits per heavy atom. The number of thiophene rings is 1. The molecule has 0 spiro atoms. The molecule has 0 atom stereocenters. The van der Waals surface area contributed by atoms with E-state index in [2.05, 4.69) is 17.0 Å². The van der Waals surface area contributed by atoms with Gasteiger partial charge in [0.2, 0.25) is 0 Å². The van der Waals surface area contributed by atoms with Crippen LogP contribution in [0.15, 0.2) is 40.6 Å². The normalized spacial score (nSPS) is 16.9. The van der Waals surface area contributed by atoms with Crippen molar-refractivity contribution in [3.63, 3.8) is 0 Å². The number of benzene rings is 1. The average Bonchev–Trinajstić information content (AvgIpc) is 2.98. The van der Waals surface area contributed by atoms with E-state index in [-0.39, 0.29) is 0 Å². The summed E-state index contributed by atoms with van der Waals surface area (Å²) in [6.07, 6.45) is 0. The van der Waals surface area contributed by atoms with E-state index in [1.807, 2.05) is 32.0 Å². The third kappa shape index (κ3) is 4.23. The number of hydrogen-bond acceptors (Lipinski definition) is 5. The van der Waals surface area contributed by atoms with Crippen molar-refractivity contribution >= 4 is 21.4 Å². The van der Waals surface area contributed by atoms with Crippen LogP contribution in [-0.2, 0) is 16.6 Å². The zero-order valence-corrected chi connectivity index (χ0v) is 16.3. The highest BCUT2D eigenvalue weighted by atomic mass is 32.2. The van der Waals surface area contributed by atoms with E-state index in [9.17, 15) is 8.42 Å². The molecule has 0 aliphatic carbocycles. The maximum atomic E-state index is 12.9. The lowest BCUT2D eigenvalue weighted by Gasteiger charge is -2.33. The van der Waals surface area contributed by atoms with E-state index in [1.165, 1.54) is 16.9 Å². The summed E-state index contributed by atoms with van der Waals surface area (Å²) in [6.45, 7) is 7.74. The van der Waals surface area contributed by atoms with E-state index < -0.39 is 10.0 Å². The lowest BCUT2D eigenvalue weighted by Crippen LogP contribution is -2.48. The van der Waals surface area contributed by atoms with Gasteiger partial charge in [-0.25, -0.2) is 8.42 Å². The van der Waals surface area contributed by atoms with Crippen LogP contribution < -0.4 is 4.74 Å². The van der Waals surface area contributed by atoms with Crippen LogP contribution in [0.2, 0.25) is 0 Å². The molecule has 1 aliphatic rings. The Morgan fingerprint density at radius 2 is 1.80 bits per heavy atom. The van der Waals surface area contributed by atoms with Gasteiger partial charge in [-0.1, -0.05) is 30.3 Å². The molecular formula is C18H24N2O3S2. The molecule has 0 N–H and O–H groups in total. The fourth-order valence-electron chi connectivity index (χ4n) is 2.96. The minimum atomic E-state index is -3.43. The quantitative estimate of drug-likeness (QED) is 0.773. The summed E-state index contributed by atoms with van der Waals surface area (Å²) in [4.78, 5) is 3.20. The minimum Gasteiger partial charge on any atom is -0.493 e. The Balaban J connectivity index is 1.64. The fraction of sp³-hybridized carbons (Fsp3) is 0.444. The first-order valence-corrected chi connectivity index (χ1v) is 10.8. The standard InChI is InChI=1S/C18H24N2O3S2/c1-3-23-17-13-18(24-15(17)2)25(21,22)20-11-9-19(10-12-20)14-16-7-5-4-6-8-16/h4-8,13H,3,9-12,14H2,1-2H3. The van der Waals surface area contributed by atoms with Gasteiger partial charge >= 0.3 is 0 Å². The molecule has 0 saturated carbocycles. The van der Waals surface area contributed by atoms with E-state index in [1.54, 1.807) is 10.4 Å². The number of rotatable bonds is 6. The van der Waals surface area contributed by atoms with Crippen LogP contribution in [0.3, 0.4) is 0 Å². The van der Waals surface area contributed by atoms with Crippen molar-refractivity contribution in [1.82, 2.24) is 9.21 Å². The van der Waals surface area contributed by atoms with E-state index >= 15 is 0 Å². The summed E-state index contributed by atoms with van der Waals surface area (Å²) in [5.41, 5.74) is 1.26. The third-order valence-electron chi connectivity index (χ3n) is 4.32. The van der Waals surface area contributed by atoms with Gasteiger partial charge in [-0.15, -0.1) is 11.3 Å². The van der Waals surface area contributed by atoms with E-state index in [0.29, 0.717) is 29.7 Å². The molecule has 7 heteroatoms. The first-order valence-electron chi connectivity index (χ1n) is 8.50. The second-order valence-electron chi connectivity index (χ2n) is 6.08. The van der Waals surface area contributed by atoms with E-state index in [4.69, 9.17) is 4.74 Å². The Kier molecular flexibility index (Phi) is 5.78. The molecule has 1 saturated heterocycles. The number of ether oxygens (including phenoxy) is 1. The van der Waals surface area contributed by atoms with Crippen LogP contribution >= 0.6 is 11.3 Å². The average molecular weight is 381 g/mol. The molecular weight excluding hydrogens is 356 g/mol. The number of hydrogen-bond donors (Lipinski definition) is 0. The Labute approximate surface area is 153 Å². The Bertz CT molecular complexity index is 795. The summed E-state index contributed by atoms with van der Waals surface area (Å²) < 4.78 is 33.2. The van der Waals surface area contributed by atoms with Crippen LogP contribution in [0, 0.1) is 6.92 Å². The summed E-state index contributed by atoms with van der Waals surface area (Å²) >= 11 is 1.29. The highest BCUT2D eigenvalue weighted by molar-refractivity contribution is 7.91. The second kappa shape index (κ2) is 7.86. The molecule has 1 aromatic heterocycles. The third-order valence-corrected chi connectivity index (χ3v) is 7.70. The number of nitrogens with zero attached hydrogens (tertiary/aromatic N) is 2. The lowest BCUT2D eigenvalue weighted by atomic mass is 10.2. The number of aryl methyl sites for hydroxylation is 1. The minimum absolute atomic E-state index is 0.380. The van der Waals surface area contributed by atoms with Crippen molar-refractivity contribution < 1.29 is 13.2 Å². The molecule has 2 aromatic rings. The first kappa shape index (κ1) is 18.4. The summed E-state index contributed by atoms with van der Waals surface area (Å²) in [5, 5.41) is 0. The first-order chi connectivity index (χ1) is 12.0. The predicted molar refractivity (Wildman–Crippen MR) is 101 cm³/mol. The van der Waals surface area contributed by atoms with Crippen molar-refractivity contribution in [2.45, 2.75) is 24.6 Å². The van der Waals surface area contributed by atoms with Gasteiger partial charge < -0.3 is 4.74 Å². The van der Waals surface area contributed by atoms with Crippen LogP contribution in [0.4, 0.5) is 0 Å². The molecule has 2 heterocycles. The smallest absolute Gasteiger partial charge is 0.252 e. The number of sulfonamides is 1. The van der Waals surface area contributed by atoms with Crippen LogP contribution in [-0.4, -0.2) is 50.4 Å². The monoisotopic (exact) mass is 380 g/mol. The predicted octanol–water partition coefficient (Wildman–Crippen LogP) is 2.96. The van der Waals surface area contributed by atoms with Crippen molar-refractivity contribution in [3.05, 3.63) is 46.8 Å². The molecule has 136 valence electrons. The van der Waals surface area contributed by atoms with Gasteiger partial charge in [0, 0.05) is 43.7 Å². The van der Waals surface area contributed by atoms with Crippen molar-refractivity contribution in [3.8, 4) is 5.75 Å². The molecule has 1 aliphatic heterocycles. The molecule has 0 amide bonds. The number of piperazine rings is 1. The zero-order chi connectivity index (χ0) is 17.9.